The van der Waals surface area contributed by atoms with E-state index in [0.717, 1.165) is 29.9 Å². The van der Waals surface area contributed by atoms with Gasteiger partial charge >= 0.3 is 0 Å². The smallest absolute Gasteiger partial charge is 0.128 e. The number of nitrogens with one attached hydrogen (secondary N) is 1. The van der Waals surface area contributed by atoms with Crippen molar-refractivity contribution in [1.82, 2.24) is 4.90 Å². The van der Waals surface area contributed by atoms with Crippen molar-refractivity contribution in [3.8, 4) is 0 Å². The Balaban J connectivity index is 2.15. The predicted octanol–water partition coefficient (Wildman–Crippen LogP) is 4.20. The van der Waals surface area contributed by atoms with Crippen LogP contribution in [0, 0.1) is 11.6 Å². The molecule has 0 saturated carbocycles. The van der Waals surface area contributed by atoms with Crippen LogP contribution in [0.4, 0.5) is 14.5 Å². The van der Waals surface area contributed by atoms with Crippen molar-refractivity contribution in [2.75, 3.05) is 19.4 Å². The van der Waals surface area contributed by atoms with E-state index >= 15 is 0 Å². The monoisotopic (exact) mass is 290 g/mol. The molecule has 0 radical (unpaired) electrons. The zero-order valence-electron chi connectivity index (χ0n) is 12.5. The summed E-state index contributed by atoms with van der Waals surface area (Å²) in [5.74, 6) is -0.831. The van der Waals surface area contributed by atoms with Crippen molar-refractivity contribution >= 4 is 5.69 Å². The Morgan fingerprint density at radius 2 is 1.86 bits per heavy atom. The average molecular weight is 290 g/mol. The van der Waals surface area contributed by atoms with Crippen LogP contribution in [-0.2, 0) is 6.54 Å². The molecule has 2 aromatic rings. The van der Waals surface area contributed by atoms with Crippen molar-refractivity contribution in [3.63, 3.8) is 0 Å². The van der Waals surface area contributed by atoms with Crippen LogP contribution in [0.5, 0.6) is 0 Å². The fraction of sp³-hybridized carbons (Fsp3) is 0.294. The molecule has 0 heterocycles. The van der Waals surface area contributed by atoms with Crippen LogP contribution in [-0.4, -0.2) is 19.0 Å². The van der Waals surface area contributed by atoms with Gasteiger partial charge in [-0.1, -0.05) is 12.1 Å². The van der Waals surface area contributed by atoms with Crippen LogP contribution in [0.15, 0.2) is 42.5 Å². The third kappa shape index (κ3) is 4.26. The molecule has 0 aliphatic rings. The molecule has 1 N–H and O–H groups in total. The summed E-state index contributed by atoms with van der Waals surface area (Å²) < 4.78 is 27.0. The first-order valence-corrected chi connectivity index (χ1v) is 6.91. The summed E-state index contributed by atoms with van der Waals surface area (Å²) in [5, 5.41) is 3.21. The Kier molecular flexibility index (Phi) is 4.91. The molecule has 0 amide bonds. The minimum atomic E-state index is -0.429. The van der Waals surface area contributed by atoms with E-state index in [2.05, 4.69) is 10.2 Å². The zero-order valence-corrected chi connectivity index (χ0v) is 12.5. The summed E-state index contributed by atoms with van der Waals surface area (Å²) in [6.07, 6.45) is 0. The molecule has 1 atom stereocenters. The standard InChI is InChI=1S/C17H20F2N2/c1-12(16-10-14(18)7-8-17(16)19)20-15-6-4-5-13(9-15)11-21(2)3/h4-10,12,20H,11H2,1-3H3. The van der Waals surface area contributed by atoms with Gasteiger partial charge in [-0.2, -0.15) is 0 Å². The first kappa shape index (κ1) is 15.4. The van der Waals surface area contributed by atoms with Crippen LogP contribution in [0.1, 0.15) is 24.1 Å². The molecule has 0 aromatic heterocycles. The van der Waals surface area contributed by atoms with Crippen LogP contribution in [0.2, 0.25) is 0 Å². The number of hydrogen-bond acceptors (Lipinski definition) is 2. The molecule has 2 rings (SSSR count). The molecule has 0 bridgehead atoms. The topological polar surface area (TPSA) is 15.3 Å². The summed E-state index contributed by atoms with van der Waals surface area (Å²) in [4.78, 5) is 2.08. The maximum absolute atomic E-state index is 13.8. The highest BCUT2D eigenvalue weighted by atomic mass is 19.1. The van der Waals surface area contributed by atoms with Crippen molar-refractivity contribution in [2.24, 2.45) is 0 Å². The third-order valence-corrected chi connectivity index (χ3v) is 3.23. The van der Waals surface area contributed by atoms with E-state index in [1.165, 1.54) is 6.07 Å². The second-order valence-electron chi connectivity index (χ2n) is 5.47. The van der Waals surface area contributed by atoms with Gasteiger partial charge in [0.1, 0.15) is 11.6 Å². The molecule has 0 spiro atoms. The minimum absolute atomic E-state index is 0.310. The number of anilines is 1. The quantitative estimate of drug-likeness (QED) is 0.888. The molecule has 0 saturated heterocycles. The maximum Gasteiger partial charge on any atom is 0.128 e. The van der Waals surface area contributed by atoms with E-state index in [-0.39, 0.29) is 6.04 Å². The molecule has 0 fully saturated rings. The SMILES string of the molecule is CC(Nc1cccc(CN(C)C)c1)c1cc(F)ccc1F. The van der Waals surface area contributed by atoms with Gasteiger partial charge < -0.3 is 10.2 Å². The normalized spacial score (nSPS) is 12.5. The summed E-state index contributed by atoms with van der Waals surface area (Å²) in [7, 11) is 4.01. The van der Waals surface area contributed by atoms with E-state index in [0.29, 0.717) is 5.56 Å². The molecule has 0 aliphatic heterocycles. The van der Waals surface area contributed by atoms with Crippen molar-refractivity contribution < 1.29 is 8.78 Å². The molecule has 21 heavy (non-hydrogen) atoms. The minimum Gasteiger partial charge on any atom is -0.378 e. The molecular formula is C17H20F2N2. The Hall–Kier alpha value is -1.94. The second-order valence-corrected chi connectivity index (χ2v) is 5.47. The van der Waals surface area contributed by atoms with Gasteiger partial charge in [0.25, 0.3) is 0 Å². The highest BCUT2D eigenvalue weighted by molar-refractivity contribution is 5.47. The molecule has 112 valence electrons. The van der Waals surface area contributed by atoms with Crippen LogP contribution in [0.25, 0.3) is 0 Å². The first-order valence-electron chi connectivity index (χ1n) is 6.91. The number of nitrogens with zero attached hydrogens (tertiary/aromatic N) is 1. The van der Waals surface area contributed by atoms with Gasteiger partial charge in [0.05, 0.1) is 6.04 Å². The lowest BCUT2D eigenvalue weighted by Gasteiger charge is -2.18. The Bertz CT molecular complexity index is 611. The number of hydrogen-bond donors (Lipinski definition) is 1. The molecule has 0 aliphatic carbocycles. The van der Waals surface area contributed by atoms with Gasteiger partial charge in [0.2, 0.25) is 0 Å². The lowest BCUT2D eigenvalue weighted by Crippen LogP contribution is -2.12. The van der Waals surface area contributed by atoms with Crippen molar-refractivity contribution in [1.29, 1.82) is 0 Å². The fourth-order valence-corrected chi connectivity index (χ4v) is 2.30. The fourth-order valence-electron chi connectivity index (χ4n) is 2.30. The zero-order chi connectivity index (χ0) is 15.4. The molecule has 2 nitrogen and oxygen atoms in total. The predicted molar refractivity (Wildman–Crippen MR) is 82.2 cm³/mol. The highest BCUT2D eigenvalue weighted by Gasteiger charge is 2.12. The van der Waals surface area contributed by atoms with Gasteiger partial charge in [-0.05, 0) is 56.9 Å². The second kappa shape index (κ2) is 6.68. The Morgan fingerprint density at radius 1 is 1.10 bits per heavy atom. The van der Waals surface area contributed by atoms with E-state index in [1.807, 2.05) is 45.3 Å². The van der Waals surface area contributed by atoms with Crippen LogP contribution >= 0.6 is 0 Å². The van der Waals surface area contributed by atoms with Gasteiger partial charge in [-0.15, -0.1) is 0 Å². The average Bonchev–Trinajstić information content (AvgIpc) is 2.41. The largest absolute Gasteiger partial charge is 0.378 e. The number of benzene rings is 2. The van der Waals surface area contributed by atoms with Gasteiger partial charge in [-0.25, -0.2) is 8.78 Å². The summed E-state index contributed by atoms with van der Waals surface area (Å²) >= 11 is 0. The molecule has 4 heteroatoms. The molecule has 2 aromatic carbocycles. The van der Waals surface area contributed by atoms with Crippen molar-refractivity contribution in [2.45, 2.75) is 19.5 Å². The summed E-state index contributed by atoms with van der Waals surface area (Å²) in [6.45, 7) is 2.65. The van der Waals surface area contributed by atoms with E-state index < -0.39 is 11.6 Å². The van der Waals surface area contributed by atoms with Crippen molar-refractivity contribution in [3.05, 3.63) is 65.2 Å². The summed E-state index contributed by atoms with van der Waals surface area (Å²) in [5.41, 5.74) is 2.38. The first-order chi connectivity index (χ1) is 9.95. The van der Waals surface area contributed by atoms with E-state index in [9.17, 15) is 8.78 Å². The Labute approximate surface area is 124 Å². The van der Waals surface area contributed by atoms with E-state index in [4.69, 9.17) is 0 Å². The summed E-state index contributed by atoms with van der Waals surface area (Å²) in [6, 6.07) is 11.1. The number of rotatable bonds is 5. The van der Waals surface area contributed by atoms with Gasteiger partial charge in [0.15, 0.2) is 0 Å². The Morgan fingerprint density at radius 3 is 2.57 bits per heavy atom. The van der Waals surface area contributed by atoms with Gasteiger partial charge in [-0.3, -0.25) is 0 Å². The molecular weight excluding hydrogens is 270 g/mol. The lowest BCUT2D eigenvalue weighted by molar-refractivity contribution is 0.402. The molecule has 1 unspecified atom stereocenters. The van der Waals surface area contributed by atoms with E-state index in [1.54, 1.807) is 0 Å². The van der Waals surface area contributed by atoms with Gasteiger partial charge in [0, 0.05) is 17.8 Å². The highest BCUT2D eigenvalue weighted by Crippen LogP contribution is 2.23. The van der Waals surface area contributed by atoms with Crippen LogP contribution in [0.3, 0.4) is 0 Å². The maximum atomic E-state index is 13.8. The lowest BCUT2D eigenvalue weighted by atomic mass is 10.1. The van der Waals surface area contributed by atoms with Crippen LogP contribution < -0.4 is 5.32 Å². The third-order valence-electron chi connectivity index (χ3n) is 3.23. The number of halogens is 2.